The Hall–Kier alpha value is -2.90. The van der Waals surface area contributed by atoms with E-state index in [1.165, 1.54) is 0 Å². The zero-order chi connectivity index (χ0) is 22.4. The molecule has 4 amide bonds. The molecule has 1 rings (SSSR count). The molecule has 0 fully saturated rings. The van der Waals surface area contributed by atoms with E-state index in [0.717, 1.165) is 5.56 Å². The fourth-order valence-electron chi connectivity index (χ4n) is 2.46. The van der Waals surface area contributed by atoms with Gasteiger partial charge in [-0.25, -0.2) is 0 Å². The second-order valence-corrected chi connectivity index (χ2v) is 8.59. The molecule has 4 N–H and O–H groups in total. The van der Waals surface area contributed by atoms with Crippen molar-refractivity contribution in [3.63, 3.8) is 0 Å². The van der Waals surface area contributed by atoms with E-state index in [4.69, 9.17) is 0 Å². The molecule has 1 aromatic carbocycles. The van der Waals surface area contributed by atoms with Crippen molar-refractivity contribution in [2.45, 2.75) is 66.0 Å². The first-order valence-electron chi connectivity index (χ1n) is 9.65. The van der Waals surface area contributed by atoms with Gasteiger partial charge in [-0.15, -0.1) is 0 Å². The molecule has 1 atom stereocenters. The molecular formula is C21H32N4O4. The van der Waals surface area contributed by atoms with Gasteiger partial charge >= 0.3 is 11.8 Å². The summed E-state index contributed by atoms with van der Waals surface area (Å²) >= 11 is 0. The monoisotopic (exact) mass is 404 g/mol. The van der Waals surface area contributed by atoms with Crippen molar-refractivity contribution in [1.29, 1.82) is 0 Å². The van der Waals surface area contributed by atoms with Gasteiger partial charge in [0.15, 0.2) is 0 Å². The number of hydrogen-bond donors (Lipinski definition) is 4. The van der Waals surface area contributed by atoms with Gasteiger partial charge in [0.05, 0.1) is 0 Å². The van der Waals surface area contributed by atoms with Crippen molar-refractivity contribution in [3.05, 3.63) is 35.4 Å². The van der Waals surface area contributed by atoms with Crippen LogP contribution in [-0.4, -0.2) is 35.7 Å². The average molecular weight is 405 g/mol. The number of hydrogen-bond acceptors (Lipinski definition) is 4. The molecule has 0 aliphatic rings. The van der Waals surface area contributed by atoms with Crippen LogP contribution in [0.4, 0.5) is 0 Å². The van der Waals surface area contributed by atoms with Gasteiger partial charge in [0, 0.05) is 11.6 Å². The summed E-state index contributed by atoms with van der Waals surface area (Å²) in [6, 6.07) is 6.08. The molecule has 0 aliphatic carbocycles. The Bertz CT molecular complexity index is 749. The van der Waals surface area contributed by atoms with Crippen LogP contribution in [0, 0.1) is 5.92 Å². The first kappa shape index (κ1) is 24.1. The molecule has 8 heteroatoms. The first-order valence-corrected chi connectivity index (χ1v) is 9.65. The standard InChI is InChI=1S/C21H32N4O4/c1-12(2)16(18(27)24-25-20(29)19(28)22-13(3)4)23-17(26)14-8-10-15(11-9-14)21(5,6)7/h8-13,16H,1-7H3,(H,22,28)(H,23,26)(H,24,27)(H,25,29)/t16-/m0/s1. The van der Waals surface area contributed by atoms with Crippen molar-refractivity contribution < 1.29 is 19.2 Å². The second kappa shape index (κ2) is 10.0. The zero-order valence-electron chi connectivity index (χ0n) is 18.2. The van der Waals surface area contributed by atoms with Gasteiger partial charge in [-0.2, -0.15) is 0 Å². The number of rotatable bonds is 5. The number of carbonyl (C=O) groups excluding carboxylic acids is 4. The molecule has 0 bridgehead atoms. The molecule has 0 spiro atoms. The molecule has 0 unspecified atom stereocenters. The predicted octanol–water partition coefficient (Wildman–Crippen LogP) is 1.41. The highest BCUT2D eigenvalue weighted by atomic mass is 16.2. The van der Waals surface area contributed by atoms with E-state index in [9.17, 15) is 19.2 Å². The molecule has 0 saturated heterocycles. The Balaban J connectivity index is 2.74. The van der Waals surface area contributed by atoms with Crippen LogP contribution in [0.25, 0.3) is 0 Å². The average Bonchev–Trinajstić information content (AvgIpc) is 2.62. The third-order valence-corrected chi connectivity index (χ3v) is 4.17. The Labute approximate surface area is 172 Å². The van der Waals surface area contributed by atoms with Crippen molar-refractivity contribution in [1.82, 2.24) is 21.5 Å². The minimum atomic E-state index is -0.987. The Morgan fingerprint density at radius 1 is 0.793 bits per heavy atom. The smallest absolute Gasteiger partial charge is 0.327 e. The summed E-state index contributed by atoms with van der Waals surface area (Å²) in [6.45, 7) is 13.2. The van der Waals surface area contributed by atoms with Gasteiger partial charge < -0.3 is 10.6 Å². The van der Waals surface area contributed by atoms with Crippen molar-refractivity contribution >= 4 is 23.6 Å². The summed E-state index contributed by atoms with van der Waals surface area (Å²) in [7, 11) is 0. The molecule has 0 aromatic heterocycles. The number of carbonyl (C=O) groups is 4. The van der Waals surface area contributed by atoms with E-state index in [1.54, 1.807) is 39.8 Å². The van der Waals surface area contributed by atoms with Crippen LogP contribution >= 0.6 is 0 Å². The molecule has 29 heavy (non-hydrogen) atoms. The Morgan fingerprint density at radius 3 is 1.79 bits per heavy atom. The van der Waals surface area contributed by atoms with Gasteiger partial charge in [-0.1, -0.05) is 46.8 Å². The largest absolute Gasteiger partial charge is 0.346 e. The van der Waals surface area contributed by atoms with Crippen molar-refractivity contribution in [2.24, 2.45) is 5.92 Å². The van der Waals surface area contributed by atoms with Crippen LogP contribution in [0.2, 0.25) is 0 Å². The topological polar surface area (TPSA) is 116 Å². The minimum absolute atomic E-state index is 0.0323. The molecule has 1 aromatic rings. The molecular weight excluding hydrogens is 372 g/mol. The lowest BCUT2D eigenvalue weighted by atomic mass is 9.86. The fraction of sp³-hybridized carbons (Fsp3) is 0.524. The van der Waals surface area contributed by atoms with Crippen LogP contribution in [0.1, 0.15) is 64.4 Å². The minimum Gasteiger partial charge on any atom is -0.346 e. The predicted molar refractivity (Wildman–Crippen MR) is 111 cm³/mol. The van der Waals surface area contributed by atoms with Crippen LogP contribution in [-0.2, 0) is 19.8 Å². The zero-order valence-corrected chi connectivity index (χ0v) is 18.2. The van der Waals surface area contributed by atoms with Gasteiger partial charge in [-0.3, -0.25) is 30.0 Å². The maximum atomic E-state index is 12.6. The summed E-state index contributed by atoms with van der Waals surface area (Å²) < 4.78 is 0. The molecule has 0 saturated carbocycles. The van der Waals surface area contributed by atoms with E-state index in [0.29, 0.717) is 5.56 Å². The lowest BCUT2D eigenvalue weighted by molar-refractivity contribution is -0.141. The third-order valence-electron chi connectivity index (χ3n) is 4.17. The van der Waals surface area contributed by atoms with Crippen LogP contribution in [0.3, 0.4) is 0 Å². The maximum absolute atomic E-state index is 12.6. The molecule has 8 nitrogen and oxygen atoms in total. The van der Waals surface area contributed by atoms with E-state index >= 15 is 0 Å². The van der Waals surface area contributed by atoms with E-state index < -0.39 is 29.7 Å². The van der Waals surface area contributed by atoms with Crippen molar-refractivity contribution in [2.75, 3.05) is 0 Å². The summed E-state index contributed by atoms with van der Waals surface area (Å²) in [5, 5.41) is 5.09. The van der Waals surface area contributed by atoms with Crippen LogP contribution < -0.4 is 21.5 Å². The van der Waals surface area contributed by atoms with Gasteiger partial charge in [0.25, 0.3) is 11.8 Å². The van der Waals surface area contributed by atoms with Gasteiger partial charge in [0.2, 0.25) is 0 Å². The van der Waals surface area contributed by atoms with Gasteiger partial charge in [-0.05, 0) is 42.9 Å². The Morgan fingerprint density at radius 2 is 1.34 bits per heavy atom. The molecule has 0 radical (unpaired) electrons. The highest BCUT2D eigenvalue weighted by Gasteiger charge is 2.26. The first-order chi connectivity index (χ1) is 13.3. The third kappa shape index (κ3) is 7.56. The fourth-order valence-corrected chi connectivity index (χ4v) is 2.46. The lowest BCUT2D eigenvalue weighted by Gasteiger charge is -2.22. The van der Waals surface area contributed by atoms with E-state index in [2.05, 4.69) is 42.3 Å². The normalized spacial score (nSPS) is 12.3. The summed E-state index contributed by atoms with van der Waals surface area (Å²) in [5.74, 6) is -3.11. The SMILES string of the molecule is CC(C)NC(=O)C(=O)NNC(=O)[C@@H](NC(=O)c1ccc(C(C)(C)C)cc1)C(C)C. The molecule has 0 aliphatic heterocycles. The number of amides is 4. The quantitative estimate of drug-likeness (QED) is 0.438. The number of benzene rings is 1. The molecule has 160 valence electrons. The summed E-state index contributed by atoms with van der Waals surface area (Å²) in [4.78, 5) is 48.3. The van der Waals surface area contributed by atoms with E-state index in [-0.39, 0.29) is 17.4 Å². The second-order valence-electron chi connectivity index (χ2n) is 8.59. The van der Waals surface area contributed by atoms with Crippen LogP contribution in [0.5, 0.6) is 0 Å². The highest BCUT2D eigenvalue weighted by Crippen LogP contribution is 2.22. The summed E-state index contributed by atoms with van der Waals surface area (Å²) in [6.07, 6.45) is 0. The van der Waals surface area contributed by atoms with Crippen LogP contribution in [0.15, 0.2) is 24.3 Å². The molecule has 0 heterocycles. The Kier molecular flexibility index (Phi) is 8.36. The van der Waals surface area contributed by atoms with E-state index in [1.807, 2.05) is 12.1 Å². The number of nitrogens with one attached hydrogen (secondary N) is 4. The van der Waals surface area contributed by atoms with Crippen molar-refractivity contribution in [3.8, 4) is 0 Å². The number of hydrazine groups is 1. The maximum Gasteiger partial charge on any atom is 0.327 e. The highest BCUT2D eigenvalue weighted by molar-refractivity contribution is 6.35. The van der Waals surface area contributed by atoms with Gasteiger partial charge in [0.1, 0.15) is 6.04 Å². The lowest BCUT2D eigenvalue weighted by Crippen LogP contribution is -2.56. The summed E-state index contributed by atoms with van der Waals surface area (Å²) in [5.41, 5.74) is 5.74.